The molecule has 17 heavy (non-hydrogen) atoms. The summed E-state index contributed by atoms with van der Waals surface area (Å²) in [6, 6.07) is 10.4. The number of rotatable bonds is 3. The third kappa shape index (κ3) is 2.76. The van der Waals surface area contributed by atoms with E-state index in [0.717, 1.165) is 17.8 Å². The summed E-state index contributed by atoms with van der Waals surface area (Å²) in [5.74, 6) is 1.54. The molecule has 1 saturated carbocycles. The van der Waals surface area contributed by atoms with Gasteiger partial charge in [-0.1, -0.05) is 30.3 Å². The van der Waals surface area contributed by atoms with Crippen LogP contribution in [-0.2, 0) is 9.53 Å². The quantitative estimate of drug-likeness (QED) is 0.585. The van der Waals surface area contributed by atoms with Gasteiger partial charge >= 0.3 is 5.97 Å². The monoisotopic (exact) mass is 230 g/mol. The van der Waals surface area contributed by atoms with Crippen molar-refractivity contribution in [2.24, 2.45) is 5.92 Å². The van der Waals surface area contributed by atoms with Crippen LogP contribution in [0.2, 0.25) is 0 Å². The van der Waals surface area contributed by atoms with E-state index in [2.05, 4.69) is 24.3 Å². The van der Waals surface area contributed by atoms with Crippen LogP contribution in [-0.4, -0.2) is 5.97 Å². The van der Waals surface area contributed by atoms with Gasteiger partial charge in [-0.2, -0.15) is 0 Å². The number of carbonyl (C=O) groups is 1. The molecular formula is C15H18O2. The molecule has 1 aromatic carbocycles. The Kier molecular flexibility index (Phi) is 3.32. The fraction of sp³-hybridized carbons (Fsp3) is 0.400. The van der Waals surface area contributed by atoms with Crippen LogP contribution in [0.4, 0.5) is 0 Å². The minimum Gasteiger partial charge on any atom is -0.431 e. The maximum atomic E-state index is 11.1. The molecule has 2 atom stereocenters. The molecule has 0 unspecified atom stereocenters. The fourth-order valence-electron chi connectivity index (χ4n) is 2.26. The largest absolute Gasteiger partial charge is 0.431 e. The number of allylic oxidation sites excluding steroid dienone is 2. The Bertz CT molecular complexity index is 441. The second kappa shape index (κ2) is 4.74. The van der Waals surface area contributed by atoms with E-state index in [1.54, 1.807) is 0 Å². The van der Waals surface area contributed by atoms with Crippen molar-refractivity contribution < 1.29 is 9.53 Å². The Balaban J connectivity index is 2.11. The molecule has 0 heterocycles. The maximum Gasteiger partial charge on any atom is 0.307 e. The van der Waals surface area contributed by atoms with E-state index >= 15 is 0 Å². The van der Waals surface area contributed by atoms with Crippen LogP contribution in [0.15, 0.2) is 41.7 Å². The average Bonchev–Trinajstić information content (AvgIpc) is 3.06. The molecule has 0 radical (unpaired) electrons. The van der Waals surface area contributed by atoms with E-state index in [0.29, 0.717) is 11.8 Å². The Morgan fingerprint density at radius 2 is 1.82 bits per heavy atom. The summed E-state index contributed by atoms with van der Waals surface area (Å²) in [6.45, 7) is 5.46. The molecule has 2 rings (SSSR count). The molecule has 0 aromatic heterocycles. The van der Waals surface area contributed by atoms with Crippen LogP contribution in [0.1, 0.15) is 38.7 Å². The van der Waals surface area contributed by atoms with Gasteiger partial charge in [-0.15, -0.1) is 0 Å². The number of carbonyl (C=O) groups excluding carboxylic acids is 1. The Morgan fingerprint density at radius 1 is 1.18 bits per heavy atom. The van der Waals surface area contributed by atoms with Gasteiger partial charge in [0.1, 0.15) is 5.76 Å². The van der Waals surface area contributed by atoms with Gasteiger partial charge in [0.2, 0.25) is 0 Å². The highest BCUT2D eigenvalue weighted by atomic mass is 16.5. The van der Waals surface area contributed by atoms with Gasteiger partial charge in [0.25, 0.3) is 0 Å². The van der Waals surface area contributed by atoms with Gasteiger partial charge in [0.05, 0.1) is 0 Å². The minimum absolute atomic E-state index is 0.222. The molecule has 1 fully saturated rings. The van der Waals surface area contributed by atoms with Gasteiger partial charge in [-0.3, -0.25) is 4.79 Å². The van der Waals surface area contributed by atoms with Gasteiger partial charge in [0, 0.05) is 12.8 Å². The van der Waals surface area contributed by atoms with Crippen molar-refractivity contribution in [3.63, 3.8) is 0 Å². The maximum absolute atomic E-state index is 11.1. The molecule has 0 amide bonds. The highest BCUT2D eigenvalue weighted by Crippen LogP contribution is 2.52. The van der Waals surface area contributed by atoms with Crippen molar-refractivity contribution >= 4 is 5.97 Å². The summed E-state index contributed by atoms with van der Waals surface area (Å²) in [4.78, 5) is 11.1. The van der Waals surface area contributed by atoms with Crippen LogP contribution >= 0.6 is 0 Å². The van der Waals surface area contributed by atoms with E-state index < -0.39 is 0 Å². The molecule has 1 aromatic rings. The lowest BCUT2D eigenvalue weighted by Gasteiger charge is -2.09. The van der Waals surface area contributed by atoms with Crippen LogP contribution in [0.3, 0.4) is 0 Å². The molecule has 0 saturated heterocycles. The molecule has 1 aliphatic rings. The SMILES string of the molecule is CC(=O)OC(=C(C)C)[C@H]1C[C@@H]1c1ccccc1. The fourth-order valence-corrected chi connectivity index (χ4v) is 2.26. The van der Waals surface area contributed by atoms with E-state index in [1.165, 1.54) is 12.5 Å². The Labute approximate surface area is 102 Å². The Hall–Kier alpha value is -1.57. The minimum atomic E-state index is -0.222. The van der Waals surface area contributed by atoms with Crippen molar-refractivity contribution in [3.05, 3.63) is 47.2 Å². The van der Waals surface area contributed by atoms with Crippen molar-refractivity contribution in [2.45, 2.75) is 33.1 Å². The third-order valence-corrected chi connectivity index (χ3v) is 3.10. The smallest absolute Gasteiger partial charge is 0.307 e. The highest BCUT2D eigenvalue weighted by molar-refractivity contribution is 5.67. The van der Waals surface area contributed by atoms with E-state index in [9.17, 15) is 4.79 Å². The first-order valence-electron chi connectivity index (χ1n) is 6.00. The number of hydrogen-bond acceptors (Lipinski definition) is 2. The van der Waals surface area contributed by atoms with Crippen LogP contribution in [0.5, 0.6) is 0 Å². The molecular weight excluding hydrogens is 212 g/mol. The number of ether oxygens (including phenoxy) is 1. The van der Waals surface area contributed by atoms with Gasteiger partial charge in [0.15, 0.2) is 0 Å². The first-order valence-corrected chi connectivity index (χ1v) is 6.00. The Morgan fingerprint density at radius 3 is 2.35 bits per heavy atom. The molecule has 90 valence electrons. The molecule has 2 nitrogen and oxygen atoms in total. The predicted molar refractivity (Wildman–Crippen MR) is 67.4 cm³/mol. The van der Waals surface area contributed by atoms with Crippen molar-refractivity contribution in [3.8, 4) is 0 Å². The second-order valence-electron chi connectivity index (χ2n) is 4.82. The van der Waals surface area contributed by atoms with Crippen LogP contribution in [0.25, 0.3) is 0 Å². The molecule has 0 aliphatic heterocycles. The molecule has 2 heteroatoms. The molecule has 0 spiro atoms. The van der Waals surface area contributed by atoms with E-state index in [-0.39, 0.29) is 5.97 Å². The lowest BCUT2D eigenvalue weighted by atomic mass is 10.1. The summed E-state index contributed by atoms with van der Waals surface area (Å²) < 4.78 is 5.33. The van der Waals surface area contributed by atoms with Crippen molar-refractivity contribution in [1.29, 1.82) is 0 Å². The molecule has 0 N–H and O–H groups in total. The standard InChI is InChI=1S/C15H18O2/c1-10(2)15(17-11(3)16)14-9-13(14)12-7-5-4-6-8-12/h4-8,13-14H,9H2,1-3H3/t13-,14+/m1/s1. The summed E-state index contributed by atoms with van der Waals surface area (Å²) in [6.07, 6.45) is 1.08. The van der Waals surface area contributed by atoms with Crippen molar-refractivity contribution in [1.82, 2.24) is 0 Å². The zero-order chi connectivity index (χ0) is 12.4. The number of hydrogen-bond donors (Lipinski definition) is 0. The summed E-state index contributed by atoms with van der Waals surface area (Å²) in [7, 11) is 0. The molecule has 1 aliphatic carbocycles. The van der Waals surface area contributed by atoms with E-state index in [1.807, 2.05) is 19.9 Å². The number of esters is 1. The first-order chi connectivity index (χ1) is 8.09. The zero-order valence-corrected chi connectivity index (χ0v) is 10.6. The summed E-state index contributed by atoms with van der Waals surface area (Å²) in [5.41, 5.74) is 2.44. The lowest BCUT2D eigenvalue weighted by Crippen LogP contribution is -2.03. The topological polar surface area (TPSA) is 26.3 Å². The highest BCUT2D eigenvalue weighted by Gasteiger charge is 2.43. The van der Waals surface area contributed by atoms with Crippen LogP contribution < -0.4 is 0 Å². The summed E-state index contributed by atoms with van der Waals surface area (Å²) >= 11 is 0. The van der Waals surface area contributed by atoms with Gasteiger partial charge in [-0.05, 0) is 37.3 Å². The second-order valence-corrected chi connectivity index (χ2v) is 4.82. The normalized spacial score (nSPS) is 21.8. The third-order valence-electron chi connectivity index (χ3n) is 3.10. The van der Waals surface area contributed by atoms with E-state index in [4.69, 9.17) is 4.74 Å². The summed E-state index contributed by atoms with van der Waals surface area (Å²) in [5, 5.41) is 0. The van der Waals surface area contributed by atoms with Crippen LogP contribution in [0, 0.1) is 5.92 Å². The first kappa shape index (κ1) is 11.9. The zero-order valence-electron chi connectivity index (χ0n) is 10.6. The number of benzene rings is 1. The molecule has 0 bridgehead atoms. The average molecular weight is 230 g/mol. The lowest BCUT2D eigenvalue weighted by molar-refractivity contribution is -0.137. The van der Waals surface area contributed by atoms with Gasteiger partial charge < -0.3 is 4.74 Å². The van der Waals surface area contributed by atoms with Gasteiger partial charge in [-0.25, -0.2) is 0 Å². The van der Waals surface area contributed by atoms with Crippen molar-refractivity contribution in [2.75, 3.05) is 0 Å². The predicted octanol–water partition coefficient (Wildman–Crippen LogP) is 3.65.